The van der Waals surface area contributed by atoms with Gasteiger partial charge in [-0.15, -0.1) is 0 Å². The summed E-state index contributed by atoms with van der Waals surface area (Å²) in [6, 6.07) is 7.76. The van der Waals surface area contributed by atoms with Gasteiger partial charge >= 0.3 is 0 Å². The van der Waals surface area contributed by atoms with Crippen LogP contribution in [0.5, 0.6) is 0 Å². The second-order valence-corrected chi connectivity index (χ2v) is 6.80. The van der Waals surface area contributed by atoms with E-state index >= 15 is 0 Å². The highest BCUT2D eigenvalue weighted by Gasteiger charge is 2.32. The van der Waals surface area contributed by atoms with Crippen molar-refractivity contribution in [1.82, 2.24) is 19.9 Å². The molecule has 0 N–H and O–H groups in total. The van der Waals surface area contributed by atoms with Gasteiger partial charge in [0.05, 0.1) is 11.7 Å². The topological polar surface area (TPSA) is 59.0 Å². The summed E-state index contributed by atoms with van der Waals surface area (Å²) in [5, 5.41) is 0. The molecule has 2 aromatic rings. The lowest BCUT2D eigenvalue weighted by Crippen LogP contribution is -2.32. The van der Waals surface area contributed by atoms with E-state index in [-0.39, 0.29) is 11.9 Å². The number of rotatable bonds is 4. The van der Waals surface area contributed by atoms with Gasteiger partial charge in [-0.05, 0) is 50.3 Å². The summed E-state index contributed by atoms with van der Waals surface area (Å²) >= 11 is 0. The van der Waals surface area contributed by atoms with Gasteiger partial charge in [0.15, 0.2) is 0 Å². The number of aromatic nitrogens is 3. The van der Waals surface area contributed by atoms with Gasteiger partial charge in [0.25, 0.3) is 5.91 Å². The number of hydrogen-bond donors (Lipinski definition) is 0. The summed E-state index contributed by atoms with van der Waals surface area (Å²) in [4.78, 5) is 28.2. The predicted molar refractivity (Wildman–Crippen MR) is 92.6 cm³/mol. The van der Waals surface area contributed by atoms with Crippen LogP contribution in [-0.4, -0.2) is 32.3 Å². The monoisotopic (exact) mass is 324 g/mol. The lowest BCUT2D eigenvalue weighted by molar-refractivity contribution is 0.0726. The van der Waals surface area contributed by atoms with Crippen molar-refractivity contribution in [3.8, 4) is 0 Å². The maximum atomic E-state index is 13.0. The molecule has 0 radical (unpaired) electrons. The number of aryl methyl sites for hydroxylation is 1. The molecule has 0 aliphatic carbocycles. The van der Waals surface area contributed by atoms with Gasteiger partial charge in [-0.1, -0.05) is 19.9 Å². The van der Waals surface area contributed by atoms with E-state index in [9.17, 15) is 4.79 Å². The quantitative estimate of drug-likeness (QED) is 0.865. The normalized spacial score (nSPS) is 17.5. The van der Waals surface area contributed by atoms with E-state index in [0.29, 0.717) is 17.4 Å². The smallest absolute Gasteiger partial charge is 0.273 e. The Labute approximate surface area is 143 Å². The van der Waals surface area contributed by atoms with E-state index in [2.05, 4.69) is 28.8 Å². The molecule has 0 saturated carbocycles. The van der Waals surface area contributed by atoms with E-state index in [1.54, 1.807) is 6.20 Å². The zero-order valence-corrected chi connectivity index (χ0v) is 14.6. The SMILES string of the molecule is Cc1nc(CC(C)C)cc(C(=O)N2CCC[C@@H]2c2ccccn2)n1. The van der Waals surface area contributed by atoms with Crippen molar-refractivity contribution < 1.29 is 4.79 Å². The third kappa shape index (κ3) is 3.61. The first-order valence-electron chi connectivity index (χ1n) is 8.61. The van der Waals surface area contributed by atoms with Crippen LogP contribution in [0.4, 0.5) is 0 Å². The molecule has 3 heterocycles. The number of amides is 1. The fourth-order valence-corrected chi connectivity index (χ4v) is 3.30. The Balaban J connectivity index is 1.87. The first-order valence-corrected chi connectivity index (χ1v) is 8.61. The van der Waals surface area contributed by atoms with Crippen LogP contribution >= 0.6 is 0 Å². The van der Waals surface area contributed by atoms with Crippen molar-refractivity contribution >= 4 is 5.91 Å². The summed E-state index contributed by atoms with van der Waals surface area (Å²) in [7, 11) is 0. The highest BCUT2D eigenvalue weighted by Crippen LogP contribution is 2.31. The Morgan fingerprint density at radius 2 is 2.17 bits per heavy atom. The van der Waals surface area contributed by atoms with Gasteiger partial charge in [0.2, 0.25) is 0 Å². The maximum Gasteiger partial charge on any atom is 0.273 e. The molecule has 0 spiro atoms. The van der Waals surface area contributed by atoms with E-state index in [4.69, 9.17) is 0 Å². The van der Waals surface area contributed by atoms with Crippen LogP contribution in [0, 0.1) is 12.8 Å². The van der Waals surface area contributed by atoms with Crippen molar-refractivity contribution in [2.75, 3.05) is 6.54 Å². The molecule has 5 heteroatoms. The second-order valence-electron chi connectivity index (χ2n) is 6.80. The lowest BCUT2D eigenvalue weighted by Gasteiger charge is -2.24. The molecule has 1 aliphatic heterocycles. The summed E-state index contributed by atoms with van der Waals surface area (Å²) in [6.07, 6.45) is 4.58. The number of carbonyl (C=O) groups excluding carboxylic acids is 1. The zero-order chi connectivity index (χ0) is 17.1. The van der Waals surface area contributed by atoms with E-state index in [1.807, 2.05) is 36.1 Å². The molecule has 24 heavy (non-hydrogen) atoms. The Hall–Kier alpha value is -2.30. The number of nitrogens with zero attached hydrogens (tertiary/aromatic N) is 4. The number of likely N-dealkylation sites (tertiary alicyclic amines) is 1. The highest BCUT2D eigenvalue weighted by atomic mass is 16.2. The molecule has 5 nitrogen and oxygen atoms in total. The highest BCUT2D eigenvalue weighted by molar-refractivity contribution is 5.92. The van der Waals surface area contributed by atoms with E-state index in [0.717, 1.165) is 37.2 Å². The van der Waals surface area contributed by atoms with Crippen molar-refractivity contribution in [2.45, 2.75) is 46.1 Å². The van der Waals surface area contributed by atoms with Gasteiger partial charge in [0.1, 0.15) is 11.5 Å². The zero-order valence-electron chi connectivity index (χ0n) is 14.6. The molecule has 0 unspecified atom stereocenters. The minimum absolute atomic E-state index is 0.0151. The third-order valence-electron chi connectivity index (χ3n) is 4.27. The van der Waals surface area contributed by atoms with Crippen molar-refractivity contribution in [1.29, 1.82) is 0 Å². The molecule has 0 aromatic carbocycles. The third-order valence-corrected chi connectivity index (χ3v) is 4.27. The van der Waals surface area contributed by atoms with Crippen LogP contribution in [-0.2, 0) is 6.42 Å². The molecule has 1 amide bonds. The molecule has 3 rings (SSSR count). The van der Waals surface area contributed by atoms with Crippen LogP contribution in [0.25, 0.3) is 0 Å². The predicted octanol–water partition coefficient (Wildman–Crippen LogP) is 3.36. The Morgan fingerprint density at radius 1 is 1.33 bits per heavy atom. The van der Waals surface area contributed by atoms with Gasteiger partial charge in [-0.2, -0.15) is 0 Å². The Bertz CT molecular complexity index is 715. The summed E-state index contributed by atoms with van der Waals surface area (Å²) in [6.45, 7) is 6.90. The standard InChI is InChI=1S/C19H24N4O/c1-13(2)11-15-12-17(22-14(3)21-15)19(24)23-10-6-8-18(23)16-7-4-5-9-20-16/h4-5,7,9,12-13,18H,6,8,10-11H2,1-3H3/t18-/m1/s1. The molecular formula is C19H24N4O. The molecule has 1 atom stereocenters. The van der Waals surface area contributed by atoms with Crippen LogP contribution in [0.15, 0.2) is 30.5 Å². The minimum Gasteiger partial charge on any atom is -0.329 e. The van der Waals surface area contributed by atoms with E-state index < -0.39 is 0 Å². The number of pyridine rings is 1. The summed E-state index contributed by atoms with van der Waals surface area (Å²) in [5.74, 6) is 1.14. The molecule has 0 bridgehead atoms. The largest absolute Gasteiger partial charge is 0.329 e. The Morgan fingerprint density at radius 3 is 2.88 bits per heavy atom. The van der Waals surface area contributed by atoms with Crippen LogP contribution < -0.4 is 0 Å². The van der Waals surface area contributed by atoms with Gasteiger partial charge in [-0.25, -0.2) is 9.97 Å². The molecule has 1 fully saturated rings. The van der Waals surface area contributed by atoms with Crippen molar-refractivity contribution in [2.24, 2.45) is 5.92 Å². The number of carbonyl (C=O) groups is 1. The van der Waals surface area contributed by atoms with Gasteiger partial charge in [-0.3, -0.25) is 9.78 Å². The molecular weight excluding hydrogens is 300 g/mol. The number of hydrogen-bond acceptors (Lipinski definition) is 4. The average molecular weight is 324 g/mol. The minimum atomic E-state index is -0.0151. The van der Waals surface area contributed by atoms with Gasteiger partial charge < -0.3 is 4.90 Å². The maximum absolute atomic E-state index is 13.0. The van der Waals surface area contributed by atoms with Crippen molar-refractivity contribution in [3.63, 3.8) is 0 Å². The lowest BCUT2D eigenvalue weighted by atomic mass is 10.1. The Kier molecular flexibility index (Phi) is 4.88. The van der Waals surface area contributed by atoms with Gasteiger partial charge in [0, 0.05) is 18.4 Å². The first kappa shape index (κ1) is 16.6. The summed E-state index contributed by atoms with van der Waals surface area (Å²) in [5.41, 5.74) is 2.40. The molecule has 1 saturated heterocycles. The first-order chi connectivity index (χ1) is 11.5. The fourth-order valence-electron chi connectivity index (χ4n) is 3.30. The summed E-state index contributed by atoms with van der Waals surface area (Å²) < 4.78 is 0. The van der Waals surface area contributed by atoms with Crippen molar-refractivity contribution in [3.05, 3.63) is 53.4 Å². The molecule has 2 aromatic heterocycles. The second kappa shape index (κ2) is 7.07. The van der Waals surface area contributed by atoms with Crippen LogP contribution in [0.3, 0.4) is 0 Å². The fraction of sp³-hybridized carbons (Fsp3) is 0.474. The molecule has 1 aliphatic rings. The molecule has 126 valence electrons. The average Bonchev–Trinajstić information content (AvgIpc) is 3.03. The van der Waals surface area contributed by atoms with E-state index in [1.165, 1.54) is 0 Å². The van der Waals surface area contributed by atoms with Crippen LogP contribution in [0.2, 0.25) is 0 Å². The van der Waals surface area contributed by atoms with Crippen LogP contribution in [0.1, 0.15) is 60.4 Å².